The van der Waals surface area contributed by atoms with E-state index in [1.807, 2.05) is 0 Å². The number of carbonyl (C=O) groups excluding carboxylic acids is 4. The zero-order chi connectivity index (χ0) is 35.3. The summed E-state index contributed by atoms with van der Waals surface area (Å²) in [4.78, 5) is 53.3. The smallest absolute Gasteiger partial charge is 0.338 e. The molecule has 0 radical (unpaired) electrons. The number of aliphatic hydroxyl groups excluding tert-OH is 2. The first kappa shape index (κ1) is 38.9. The van der Waals surface area contributed by atoms with E-state index < -0.39 is 54.0 Å². The molecule has 1 aliphatic heterocycles. The Balaban J connectivity index is 1.91. The molecule has 0 saturated carbocycles. The van der Waals surface area contributed by atoms with Crippen LogP contribution in [0, 0.1) is 0 Å². The highest BCUT2D eigenvalue weighted by atomic mass is 16.8. The van der Waals surface area contributed by atoms with E-state index in [9.17, 15) is 24.3 Å². The van der Waals surface area contributed by atoms with Crippen LogP contribution < -0.4 is 10.6 Å². The average Bonchev–Trinajstić information content (AvgIpc) is 3.43. The van der Waals surface area contributed by atoms with Crippen LogP contribution in [0.1, 0.15) is 94.5 Å². The first-order valence-corrected chi connectivity index (χ1v) is 17.1. The molecule has 1 aliphatic carbocycles. The number of unbranched alkanes of at least 4 members (excludes halogenated alkanes) is 4. The predicted octanol–water partition coefficient (Wildman–Crippen LogP) is 3.26. The molecule has 3 rings (SSSR count). The van der Waals surface area contributed by atoms with Crippen LogP contribution in [0.5, 0.6) is 0 Å². The number of esters is 1. The quantitative estimate of drug-likeness (QED) is 0.104. The van der Waals surface area contributed by atoms with Crippen LogP contribution in [0.15, 0.2) is 42.0 Å². The Morgan fingerprint density at radius 1 is 1.08 bits per heavy atom. The normalized spacial score (nSPS) is 21.1. The molecule has 1 aromatic carbocycles. The van der Waals surface area contributed by atoms with Crippen molar-refractivity contribution in [2.24, 2.45) is 0 Å². The van der Waals surface area contributed by atoms with Gasteiger partial charge in [0.2, 0.25) is 17.7 Å². The Morgan fingerprint density at radius 2 is 1.77 bits per heavy atom. The first-order valence-electron chi connectivity index (χ1n) is 17.1. The van der Waals surface area contributed by atoms with Gasteiger partial charge < -0.3 is 40.0 Å². The van der Waals surface area contributed by atoms with Crippen LogP contribution >= 0.6 is 0 Å². The third kappa shape index (κ3) is 11.0. The molecule has 12 heteroatoms. The zero-order valence-electron chi connectivity index (χ0n) is 28.9. The van der Waals surface area contributed by atoms with E-state index in [0.717, 1.165) is 38.5 Å². The number of aliphatic hydroxyl groups is 2. The van der Waals surface area contributed by atoms with Gasteiger partial charge in [0.25, 0.3) is 0 Å². The Kier molecular flexibility index (Phi) is 15.2. The summed E-state index contributed by atoms with van der Waals surface area (Å²) >= 11 is 0. The Hall–Kier alpha value is -3.58. The van der Waals surface area contributed by atoms with Gasteiger partial charge >= 0.3 is 5.97 Å². The second kappa shape index (κ2) is 18.8. The lowest BCUT2D eigenvalue weighted by Crippen LogP contribution is -2.54. The van der Waals surface area contributed by atoms with Crippen LogP contribution in [-0.2, 0) is 28.6 Å². The van der Waals surface area contributed by atoms with Gasteiger partial charge in [-0.1, -0.05) is 51.7 Å². The van der Waals surface area contributed by atoms with E-state index >= 15 is 0 Å². The Morgan fingerprint density at radius 3 is 2.38 bits per heavy atom. The SMILES string of the molecule is CCCCCC1(CCCCC)O[C@@H]2[C@@H](C=C(C(=O)N[C@@H](C(=O)NCCO)[C@H](C)O)C[C@H]2OC(=O)c2cccc(C=CC(=O)N(C)C)c2)O1. The minimum Gasteiger partial charge on any atom is -0.456 e. The molecule has 48 heavy (non-hydrogen) atoms. The highest BCUT2D eigenvalue weighted by Gasteiger charge is 2.52. The molecule has 5 atom stereocenters. The van der Waals surface area contributed by atoms with E-state index in [-0.39, 0.29) is 36.6 Å². The maximum absolute atomic E-state index is 13.6. The Labute approximate surface area is 283 Å². The topological polar surface area (TPSA) is 164 Å². The number of nitrogens with zero attached hydrogens (tertiary/aromatic N) is 1. The molecule has 0 unspecified atom stereocenters. The molecule has 0 spiro atoms. The van der Waals surface area contributed by atoms with Crippen molar-refractivity contribution in [1.29, 1.82) is 0 Å². The van der Waals surface area contributed by atoms with E-state index in [1.54, 1.807) is 50.5 Å². The molecule has 266 valence electrons. The van der Waals surface area contributed by atoms with Crippen molar-refractivity contribution >= 4 is 29.8 Å². The number of benzene rings is 1. The number of ether oxygens (including phenoxy) is 3. The second-order valence-electron chi connectivity index (χ2n) is 12.7. The number of nitrogens with one attached hydrogen (secondary N) is 2. The van der Waals surface area contributed by atoms with Crippen LogP contribution in [-0.4, -0.2) is 102 Å². The van der Waals surface area contributed by atoms with Gasteiger partial charge in [0.15, 0.2) is 5.79 Å². The van der Waals surface area contributed by atoms with Crippen molar-refractivity contribution in [3.8, 4) is 0 Å². The van der Waals surface area contributed by atoms with E-state index in [2.05, 4.69) is 24.5 Å². The molecule has 1 heterocycles. The van der Waals surface area contributed by atoms with E-state index in [0.29, 0.717) is 18.4 Å². The van der Waals surface area contributed by atoms with Crippen molar-refractivity contribution < 1.29 is 43.6 Å². The minimum atomic E-state index is -1.28. The second-order valence-corrected chi connectivity index (χ2v) is 12.7. The summed E-state index contributed by atoms with van der Waals surface area (Å²) in [5, 5.41) is 24.4. The molecular formula is C36H53N3O9. The summed E-state index contributed by atoms with van der Waals surface area (Å²) in [5.41, 5.74) is 1.13. The zero-order valence-corrected chi connectivity index (χ0v) is 28.9. The summed E-state index contributed by atoms with van der Waals surface area (Å²) in [5.74, 6) is -2.98. The predicted molar refractivity (Wildman–Crippen MR) is 181 cm³/mol. The monoisotopic (exact) mass is 671 g/mol. The fourth-order valence-corrected chi connectivity index (χ4v) is 5.82. The molecule has 1 fully saturated rings. The number of rotatable bonds is 18. The number of amides is 3. The summed E-state index contributed by atoms with van der Waals surface area (Å²) in [6.45, 7) is 5.30. The van der Waals surface area contributed by atoms with Gasteiger partial charge in [-0.15, -0.1) is 0 Å². The Bertz CT molecular complexity index is 1300. The highest BCUT2D eigenvalue weighted by molar-refractivity contribution is 5.98. The van der Waals surface area contributed by atoms with E-state index in [4.69, 9.17) is 19.3 Å². The van der Waals surface area contributed by atoms with Crippen LogP contribution in [0.4, 0.5) is 0 Å². The van der Waals surface area contributed by atoms with Gasteiger partial charge in [0.1, 0.15) is 24.4 Å². The molecule has 4 N–H and O–H groups in total. The van der Waals surface area contributed by atoms with Gasteiger partial charge in [0, 0.05) is 51.6 Å². The maximum Gasteiger partial charge on any atom is 0.338 e. The van der Waals surface area contributed by atoms with Crippen molar-refractivity contribution in [3.63, 3.8) is 0 Å². The largest absolute Gasteiger partial charge is 0.456 e. The summed E-state index contributed by atoms with van der Waals surface area (Å²) in [7, 11) is 3.29. The molecule has 2 aliphatic rings. The van der Waals surface area contributed by atoms with E-state index in [1.165, 1.54) is 17.9 Å². The van der Waals surface area contributed by atoms with Crippen LogP contribution in [0.25, 0.3) is 6.08 Å². The third-order valence-electron chi connectivity index (χ3n) is 8.49. The lowest BCUT2D eigenvalue weighted by atomic mass is 9.91. The molecule has 1 aromatic rings. The van der Waals surface area contributed by atoms with Gasteiger partial charge in [0.05, 0.1) is 18.3 Å². The number of hydrogen-bond acceptors (Lipinski definition) is 9. The number of hydrogen-bond donors (Lipinski definition) is 4. The van der Waals surface area contributed by atoms with Gasteiger partial charge in [-0.3, -0.25) is 14.4 Å². The van der Waals surface area contributed by atoms with Crippen molar-refractivity contribution in [2.45, 2.75) is 115 Å². The lowest BCUT2D eigenvalue weighted by Gasteiger charge is -2.31. The fourth-order valence-electron chi connectivity index (χ4n) is 5.82. The summed E-state index contributed by atoms with van der Waals surface area (Å²) in [6.07, 6.45) is 8.35. The highest BCUT2D eigenvalue weighted by Crippen LogP contribution is 2.43. The van der Waals surface area contributed by atoms with Crippen molar-refractivity contribution in [2.75, 3.05) is 27.2 Å². The molecular weight excluding hydrogens is 618 g/mol. The van der Waals surface area contributed by atoms with Gasteiger partial charge in [-0.05, 0) is 49.6 Å². The molecule has 0 bridgehead atoms. The van der Waals surface area contributed by atoms with Crippen LogP contribution in [0.3, 0.4) is 0 Å². The van der Waals surface area contributed by atoms with Crippen molar-refractivity contribution in [1.82, 2.24) is 15.5 Å². The molecule has 3 amide bonds. The molecule has 1 saturated heterocycles. The summed E-state index contributed by atoms with van der Waals surface area (Å²) < 4.78 is 19.4. The standard InChI is InChI=1S/C36H53N3O9/c1-6-8-10-17-36(18-11-9-7-2)47-29-23-27(33(43)38-31(24(3)41)34(44)37-19-20-40)22-28(32(29)48-36)46-35(45)26-14-12-13-25(21-26)15-16-30(42)39(4)5/h12-16,21,23-24,28-29,31-32,40-41H,6-11,17-20,22H2,1-5H3,(H,37,44)(H,38,43)/t24-,28+,29+,31+,32-/m0/s1. The third-order valence-corrected chi connectivity index (χ3v) is 8.49. The molecule has 0 aromatic heterocycles. The minimum absolute atomic E-state index is 0.0101. The number of carbonyl (C=O) groups is 4. The first-order chi connectivity index (χ1) is 22.9. The maximum atomic E-state index is 13.6. The number of fused-ring (bicyclic) bond motifs is 1. The fraction of sp³-hybridized carbons (Fsp3) is 0.611. The van der Waals surface area contributed by atoms with Gasteiger partial charge in [-0.25, -0.2) is 4.79 Å². The average molecular weight is 672 g/mol. The lowest BCUT2D eigenvalue weighted by molar-refractivity contribution is -0.190. The van der Waals surface area contributed by atoms with Crippen molar-refractivity contribution in [3.05, 3.63) is 53.1 Å². The summed E-state index contributed by atoms with van der Waals surface area (Å²) in [6, 6.07) is 5.42. The number of likely N-dealkylation sites (N-methyl/N-ethyl adjacent to an activating group) is 1. The van der Waals surface area contributed by atoms with Crippen LogP contribution in [0.2, 0.25) is 0 Å². The molecule has 12 nitrogen and oxygen atoms in total. The van der Waals surface area contributed by atoms with Gasteiger partial charge in [-0.2, -0.15) is 0 Å².